The zero-order valence-corrected chi connectivity index (χ0v) is 12.4. The van der Waals surface area contributed by atoms with Gasteiger partial charge in [0, 0.05) is 6.42 Å². The number of carbonyl (C=O) groups is 1. The topological polar surface area (TPSA) is 91.2 Å². The average Bonchev–Trinajstić information content (AvgIpc) is 2.80. The van der Waals surface area contributed by atoms with Gasteiger partial charge in [-0.3, -0.25) is 4.79 Å². The highest BCUT2D eigenvalue weighted by Gasteiger charge is 2.13. The number of rotatable bonds is 8. The smallest absolute Gasteiger partial charge is 0.322 e. The maximum atomic E-state index is 11.1. The predicted octanol–water partition coefficient (Wildman–Crippen LogP) is 1.39. The molecule has 0 radical (unpaired) electrons. The van der Waals surface area contributed by atoms with Crippen molar-refractivity contribution in [3.8, 4) is 0 Å². The molecule has 1 atom stereocenters. The third-order valence-electron chi connectivity index (χ3n) is 2.40. The Morgan fingerprint density at radius 1 is 1.53 bits per heavy atom. The Bertz CT molecular complexity index is 395. The third-order valence-corrected chi connectivity index (χ3v) is 3.39. The maximum absolute atomic E-state index is 11.1. The highest BCUT2D eigenvalue weighted by Crippen LogP contribution is 2.13. The van der Waals surface area contributed by atoms with Crippen LogP contribution in [0.4, 0.5) is 0 Å². The van der Waals surface area contributed by atoms with Crippen LogP contribution in [-0.2, 0) is 21.7 Å². The van der Waals surface area contributed by atoms with Crippen molar-refractivity contribution in [2.45, 2.75) is 38.5 Å². The largest absolute Gasteiger partial charge is 0.468 e. The summed E-state index contributed by atoms with van der Waals surface area (Å²) in [5.41, 5.74) is 5.63. The summed E-state index contributed by atoms with van der Waals surface area (Å²) in [5.74, 6) is 2.90. The average molecular weight is 287 g/mol. The molecule has 0 spiro atoms. The lowest BCUT2D eigenvalue weighted by atomic mass is 10.1. The van der Waals surface area contributed by atoms with Gasteiger partial charge in [-0.05, 0) is 18.1 Å². The van der Waals surface area contributed by atoms with Crippen molar-refractivity contribution >= 4 is 17.7 Å². The van der Waals surface area contributed by atoms with Crippen LogP contribution in [0.25, 0.3) is 0 Å². The second-order valence-electron chi connectivity index (χ2n) is 4.67. The van der Waals surface area contributed by atoms with Crippen molar-refractivity contribution in [2.24, 2.45) is 11.7 Å². The number of carbonyl (C=O) groups excluding carboxylic acids is 1. The Morgan fingerprint density at radius 2 is 2.26 bits per heavy atom. The van der Waals surface area contributed by atoms with Crippen LogP contribution in [0.3, 0.4) is 0 Å². The molecule has 0 fully saturated rings. The number of ether oxygens (including phenoxy) is 1. The van der Waals surface area contributed by atoms with Crippen molar-refractivity contribution in [1.29, 1.82) is 0 Å². The van der Waals surface area contributed by atoms with Gasteiger partial charge in [0.25, 0.3) is 0 Å². The summed E-state index contributed by atoms with van der Waals surface area (Å²) >= 11 is 1.62. The molecule has 0 aliphatic carbocycles. The second-order valence-corrected chi connectivity index (χ2v) is 5.78. The highest BCUT2D eigenvalue weighted by atomic mass is 32.2. The number of hydrogen-bond acceptors (Lipinski definition) is 7. The number of methoxy groups -OCH3 is 1. The van der Waals surface area contributed by atoms with Crippen LogP contribution in [0.2, 0.25) is 0 Å². The van der Waals surface area contributed by atoms with E-state index >= 15 is 0 Å². The first kappa shape index (κ1) is 16.0. The molecule has 1 aromatic rings. The van der Waals surface area contributed by atoms with Gasteiger partial charge in [-0.1, -0.05) is 19.0 Å². The van der Waals surface area contributed by atoms with E-state index in [0.717, 1.165) is 12.2 Å². The molecule has 0 aromatic carbocycles. The van der Waals surface area contributed by atoms with Crippen LogP contribution in [0.15, 0.2) is 4.52 Å². The summed E-state index contributed by atoms with van der Waals surface area (Å²) in [5, 5.41) is 3.91. The minimum absolute atomic E-state index is 0.376. The number of nitrogens with two attached hydrogens (primary N) is 1. The Balaban J connectivity index is 2.22. The van der Waals surface area contributed by atoms with Crippen LogP contribution in [0.1, 0.15) is 32.0 Å². The number of thioether (sulfide) groups is 1. The van der Waals surface area contributed by atoms with Gasteiger partial charge in [0.05, 0.1) is 12.9 Å². The normalized spacial score (nSPS) is 12.7. The van der Waals surface area contributed by atoms with E-state index in [1.165, 1.54) is 7.11 Å². The molecule has 0 saturated heterocycles. The van der Waals surface area contributed by atoms with E-state index in [-0.39, 0.29) is 5.97 Å². The molecule has 0 aliphatic heterocycles. The molecule has 1 heterocycles. The highest BCUT2D eigenvalue weighted by molar-refractivity contribution is 7.98. The Morgan fingerprint density at radius 3 is 2.89 bits per heavy atom. The van der Waals surface area contributed by atoms with Crippen molar-refractivity contribution in [3.05, 3.63) is 11.7 Å². The molecule has 0 saturated carbocycles. The van der Waals surface area contributed by atoms with Crippen molar-refractivity contribution in [1.82, 2.24) is 10.1 Å². The molecular formula is C12H21N3O3S. The van der Waals surface area contributed by atoms with Gasteiger partial charge in [0.15, 0.2) is 5.82 Å². The molecule has 0 aliphatic rings. The van der Waals surface area contributed by atoms with Crippen LogP contribution in [-0.4, -0.2) is 35.0 Å². The molecular weight excluding hydrogens is 266 g/mol. The molecule has 7 heteroatoms. The second kappa shape index (κ2) is 8.16. The summed E-state index contributed by atoms with van der Waals surface area (Å²) in [4.78, 5) is 15.4. The number of aromatic nitrogens is 2. The lowest BCUT2D eigenvalue weighted by Crippen LogP contribution is -2.31. The monoisotopic (exact) mass is 287 g/mol. The standard InChI is InChI=1S/C12H21N3O3S/c1-8(2)6-11-14-10(15-18-11)7-19-5-4-9(13)12(16)17-3/h8-9H,4-7,13H2,1-3H3. The van der Waals surface area contributed by atoms with Gasteiger partial charge in [0.1, 0.15) is 6.04 Å². The van der Waals surface area contributed by atoms with E-state index in [2.05, 4.69) is 28.7 Å². The van der Waals surface area contributed by atoms with E-state index in [9.17, 15) is 4.79 Å². The summed E-state index contributed by atoms with van der Waals surface area (Å²) in [7, 11) is 1.34. The summed E-state index contributed by atoms with van der Waals surface area (Å²) in [6, 6.07) is -0.556. The fourth-order valence-electron chi connectivity index (χ4n) is 1.42. The fourth-order valence-corrected chi connectivity index (χ4v) is 2.29. The Kier molecular flexibility index (Phi) is 6.86. The number of hydrogen-bond donors (Lipinski definition) is 1. The summed E-state index contributed by atoms with van der Waals surface area (Å²) in [6.07, 6.45) is 1.37. The van der Waals surface area contributed by atoms with E-state index in [4.69, 9.17) is 10.3 Å². The van der Waals surface area contributed by atoms with Gasteiger partial charge in [0.2, 0.25) is 5.89 Å². The van der Waals surface area contributed by atoms with Crippen LogP contribution < -0.4 is 5.73 Å². The van der Waals surface area contributed by atoms with Gasteiger partial charge in [-0.15, -0.1) is 0 Å². The number of esters is 1. The minimum Gasteiger partial charge on any atom is -0.468 e. The first-order chi connectivity index (χ1) is 9.02. The molecule has 1 aromatic heterocycles. The van der Waals surface area contributed by atoms with Crippen molar-refractivity contribution < 1.29 is 14.1 Å². The fraction of sp³-hybridized carbons (Fsp3) is 0.750. The SMILES string of the molecule is COC(=O)C(N)CCSCc1noc(CC(C)C)n1. The van der Waals surface area contributed by atoms with Gasteiger partial charge >= 0.3 is 5.97 Å². The molecule has 108 valence electrons. The maximum Gasteiger partial charge on any atom is 0.322 e. The molecule has 0 bridgehead atoms. The van der Waals surface area contributed by atoms with Crippen LogP contribution in [0.5, 0.6) is 0 Å². The Hall–Kier alpha value is -1.08. The van der Waals surface area contributed by atoms with Gasteiger partial charge in [-0.25, -0.2) is 0 Å². The summed E-state index contributed by atoms with van der Waals surface area (Å²) < 4.78 is 9.69. The first-order valence-electron chi connectivity index (χ1n) is 6.25. The van der Waals surface area contributed by atoms with Gasteiger partial charge in [-0.2, -0.15) is 16.7 Å². The Labute approximate surface area is 117 Å². The third kappa shape index (κ3) is 6.07. The molecule has 0 amide bonds. The molecule has 19 heavy (non-hydrogen) atoms. The van der Waals surface area contributed by atoms with Gasteiger partial charge < -0.3 is 15.0 Å². The van der Waals surface area contributed by atoms with E-state index < -0.39 is 6.04 Å². The minimum atomic E-state index is -0.556. The van der Waals surface area contributed by atoms with E-state index in [1.807, 2.05) is 0 Å². The van der Waals surface area contributed by atoms with Crippen LogP contribution in [0, 0.1) is 5.92 Å². The molecule has 1 unspecified atom stereocenters. The lowest BCUT2D eigenvalue weighted by Gasteiger charge is -2.07. The predicted molar refractivity (Wildman–Crippen MR) is 73.6 cm³/mol. The number of nitrogens with zero attached hydrogens (tertiary/aromatic N) is 2. The lowest BCUT2D eigenvalue weighted by molar-refractivity contribution is -0.142. The van der Waals surface area contributed by atoms with Crippen LogP contribution >= 0.6 is 11.8 Å². The zero-order chi connectivity index (χ0) is 14.3. The molecule has 2 N–H and O–H groups in total. The van der Waals surface area contributed by atoms with E-state index in [0.29, 0.717) is 29.8 Å². The zero-order valence-electron chi connectivity index (χ0n) is 11.6. The van der Waals surface area contributed by atoms with Crippen molar-refractivity contribution in [2.75, 3.05) is 12.9 Å². The quantitative estimate of drug-likeness (QED) is 0.570. The molecule has 6 nitrogen and oxygen atoms in total. The molecule has 1 rings (SSSR count). The van der Waals surface area contributed by atoms with Crippen molar-refractivity contribution in [3.63, 3.8) is 0 Å². The summed E-state index contributed by atoms with van der Waals surface area (Å²) in [6.45, 7) is 4.21. The first-order valence-corrected chi connectivity index (χ1v) is 7.41. The van der Waals surface area contributed by atoms with E-state index in [1.54, 1.807) is 11.8 Å².